The molecule has 190 valence electrons. The summed E-state index contributed by atoms with van der Waals surface area (Å²) < 4.78 is 5.05. The Morgan fingerprint density at radius 1 is 1.19 bits per heavy atom. The first-order chi connectivity index (χ1) is 17.3. The third-order valence-corrected chi connectivity index (χ3v) is 4.83. The number of aliphatic imine (C=N–C) groups is 1. The van der Waals surface area contributed by atoms with Gasteiger partial charge in [-0.2, -0.15) is 0 Å². The van der Waals surface area contributed by atoms with Crippen LogP contribution in [0.1, 0.15) is 49.2 Å². The van der Waals surface area contributed by atoms with Gasteiger partial charge >= 0.3 is 6.03 Å². The van der Waals surface area contributed by atoms with E-state index in [4.69, 9.17) is 4.74 Å². The smallest absolute Gasteiger partial charge is 0.322 e. The van der Waals surface area contributed by atoms with Gasteiger partial charge in [0.15, 0.2) is 11.8 Å². The standard InChI is InChI=1S/C15H14N4O2.C11H14O2.C2H6/c1-3-16-10-19(2)12-7-4-11(5-8-12)6-9-13-14(20)18-15(21)17-13;1-4-9-5-6-10(13-3)7-11(9)8(2)12;1-2/h3-5,7-8,10,13H,1H2,2H3,(H2,17,18,20,21);5-7H,4H2,1-3H3;1-2H3. The van der Waals surface area contributed by atoms with E-state index >= 15 is 0 Å². The quantitative estimate of drug-likeness (QED) is 0.206. The van der Waals surface area contributed by atoms with E-state index in [2.05, 4.69) is 34.0 Å². The number of aryl methyl sites for hydroxylation is 1. The molecular formula is C28H34N4O4. The molecule has 3 rings (SSSR count). The zero-order chi connectivity index (χ0) is 27.1. The minimum absolute atomic E-state index is 0.0933. The van der Waals surface area contributed by atoms with Crippen molar-refractivity contribution in [1.29, 1.82) is 0 Å². The monoisotopic (exact) mass is 490 g/mol. The average molecular weight is 491 g/mol. The highest BCUT2D eigenvalue weighted by Crippen LogP contribution is 2.18. The van der Waals surface area contributed by atoms with E-state index in [-0.39, 0.29) is 5.78 Å². The lowest BCUT2D eigenvalue weighted by molar-refractivity contribution is -0.119. The lowest BCUT2D eigenvalue weighted by Crippen LogP contribution is -2.26. The van der Waals surface area contributed by atoms with E-state index in [0.29, 0.717) is 0 Å². The Hall–Kier alpha value is -4.38. The van der Waals surface area contributed by atoms with Crippen molar-refractivity contribution in [3.8, 4) is 17.6 Å². The number of hydrogen-bond donors (Lipinski definition) is 2. The number of Topliss-reactive ketones (excluding diaryl/α,β-unsaturated/α-hetero) is 1. The number of nitrogens with one attached hydrogen (secondary N) is 2. The second-order valence-corrected chi connectivity index (χ2v) is 7.20. The number of methoxy groups -OCH3 is 1. The molecule has 8 nitrogen and oxygen atoms in total. The van der Waals surface area contributed by atoms with Crippen molar-refractivity contribution < 1.29 is 19.1 Å². The van der Waals surface area contributed by atoms with Crippen LogP contribution in [0.25, 0.3) is 0 Å². The van der Waals surface area contributed by atoms with Gasteiger partial charge in [-0.3, -0.25) is 14.9 Å². The number of carbonyl (C=O) groups is 3. The fourth-order valence-corrected chi connectivity index (χ4v) is 2.99. The number of ether oxygens (including phenoxy) is 1. The molecular weight excluding hydrogens is 456 g/mol. The van der Waals surface area contributed by atoms with Crippen molar-refractivity contribution in [3.63, 3.8) is 0 Å². The Bertz CT molecular complexity index is 1140. The van der Waals surface area contributed by atoms with Crippen molar-refractivity contribution in [2.24, 2.45) is 4.99 Å². The van der Waals surface area contributed by atoms with Crippen molar-refractivity contribution in [1.82, 2.24) is 10.6 Å². The van der Waals surface area contributed by atoms with Crippen molar-refractivity contribution in [2.45, 2.75) is 40.2 Å². The first-order valence-electron chi connectivity index (χ1n) is 11.6. The Morgan fingerprint density at radius 3 is 2.36 bits per heavy atom. The number of amides is 3. The molecule has 0 aliphatic carbocycles. The van der Waals surface area contributed by atoms with Gasteiger partial charge in [-0.1, -0.05) is 45.3 Å². The van der Waals surface area contributed by atoms with Crippen molar-refractivity contribution >= 4 is 29.7 Å². The third-order valence-electron chi connectivity index (χ3n) is 4.83. The number of hydrogen-bond acceptors (Lipinski definition) is 5. The van der Waals surface area contributed by atoms with Crippen LogP contribution in [-0.2, 0) is 11.2 Å². The molecule has 1 aliphatic heterocycles. The molecule has 0 bridgehead atoms. The molecule has 0 spiro atoms. The van der Waals surface area contributed by atoms with Crippen LogP contribution in [0.15, 0.2) is 60.2 Å². The van der Waals surface area contributed by atoms with Gasteiger partial charge in [0.2, 0.25) is 0 Å². The molecule has 2 aromatic rings. The number of carbonyl (C=O) groups excluding carboxylic acids is 3. The zero-order valence-electron chi connectivity index (χ0n) is 21.7. The van der Waals surface area contributed by atoms with Gasteiger partial charge in [0.05, 0.1) is 13.4 Å². The normalized spacial score (nSPS) is 13.6. The summed E-state index contributed by atoms with van der Waals surface area (Å²) in [5, 5.41) is 4.54. The number of ketones is 1. The summed E-state index contributed by atoms with van der Waals surface area (Å²) in [6.45, 7) is 11.1. The Labute approximate surface area is 213 Å². The molecule has 2 aromatic carbocycles. The first-order valence-corrected chi connectivity index (χ1v) is 11.6. The van der Waals surface area contributed by atoms with Gasteiger partial charge < -0.3 is 15.0 Å². The predicted octanol–water partition coefficient (Wildman–Crippen LogP) is 4.34. The molecule has 36 heavy (non-hydrogen) atoms. The van der Waals surface area contributed by atoms with Crippen LogP contribution < -0.4 is 20.3 Å². The Balaban J connectivity index is 0.000000371. The highest BCUT2D eigenvalue weighted by atomic mass is 16.5. The van der Waals surface area contributed by atoms with Crippen LogP contribution in [0.5, 0.6) is 5.75 Å². The van der Waals surface area contributed by atoms with Crippen LogP contribution in [0.3, 0.4) is 0 Å². The molecule has 1 heterocycles. The predicted molar refractivity (Wildman–Crippen MR) is 145 cm³/mol. The van der Waals surface area contributed by atoms with E-state index in [1.165, 1.54) is 6.20 Å². The SMILES string of the molecule is C=CN=CN(C)c1ccc(C#CC2NC(=O)NC2=O)cc1.CC.CCc1ccc(OC)cc1C(C)=O. The molecule has 1 aliphatic rings. The number of rotatable bonds is 6. The number of benzene rings is 2. The highest BCUT2D eigenvalue weighted by Gasteiger charge is 2.27. The van der Waals surface area contributed by atoms with Gasteiger partial charge in [-0.15, -0.1) is 0 Å². The maximum absolute atomic E-state index is 11.3. The fourth-order valence-electron chi connectivity index (χ4n) is 2.99. The number of imide groups is 1. The second-order valence-electron chi connectivity index (χ2n) is 7.20. The molecule has 1 saturated heterocycles. The molecule has 2 N–H and O–H groups in total. The number of nitrogens with zero attached hydrogens (tertiary/aromatic N) is 2. The third kappa shape index (κ3) is 9.11. The van der Waals surface area contributed by atoms with Crippen LogP contribution in [0.2, 0.25) is 0 Å². The van der Waals surface area contributed by atoms with Gasteiger partial charge in [-0.25, -0.2) is 9.79 Å². The molecule has 3 amide bonds. The van der Waals surface area contributed by atoms with Crippen LogP contribution >= 0.6 is 0 Å². The van der Waals surface area contributed by atoms with Gasteiger partial charge in [0, 0.05) is 30.1 Å². The van der Waals surface area contributed by atoms with Gasteiger partial charge in [-0.05, 0) is 55.3 Å². The number of anilines is 1. The highest BCUT2D eigenvalue weighted by molar-refractivity contribution is 6.05. The second kappa shape index (κ2) is 15.5. The van der Waals surface area contributed by atoms with E-state index in [1.807, 2.05) is 69.1 Å². The van der Waals surface area contributed by atoms with E-state index in [1.54, 1.807) is 26.4 Å². The lowest BCUT2D eigenvalue weighted by atomic mass is 10.0. The lowest BCUT2D eigenvalue weighted by Gasteiger charge is -2.12. The minimum atomic E-state index is -0.792. The average Bonchev–Trinajstić information content (AvgIpc) is 3.23. The van der Waals surface area contributed by atoms with Crippen LogP contribution in [0, 0.1) is 11.8 Å². The van der Waals surface area contributed by atoms with E-state index in [9.17, 15) is 14.4 Å². The molecule has 0 aromatic heterocycles. The summed E-state index contributed by atoms with van der Waals surface area (Å²) in [5.41, 5.74) is 3.54. The van der Waals surface area contributed by atoms with Gasteiger partial charge in [0.25, 0.3) is 5.91 Å². The zero-order valence-corrected chi connectivity index (χ0v) is 21.7. The molecule has 1 atom stereocenters. The van der Waals surface area contributed by atoms with E-state index in [0.717, 1.165) is 34.5 Å². The Morgan fingerprint density at radius 2 is 1.86 bits per heavy atom. The number of urea groups is 1. The Kier molecular flexibility index (Phi) is 12.8. The molecule has 0 saturated carbocycles. The minimum Gasteiger partial charge on any atom is -0.497 e. The molecule has 8 heteroatoms. The van der Waals surface area contributed by atoms with Crippen molar-refractivity contribution in [3.05, 3.63) is 71.9 Å². The van der Waals surface area contributed by atoms with E-state index < -0.39 is 18.0 Å². The van der Waals surface area contributed by atoms with Crippen LogP contribution in [-0.4, -0.2) is 44.3 Å². The molecule has 1 unspecified atom stereocenters. The maximum Gasteiger partial charge on any atom is 0.322 e. The summed E-state index contributed by atoms with van der Waals surface area (Å²) in [5.74, 6) is 5.97. The summed E-state index contributed by atoms with van der Waals surface area (Å²) >= 11 is 0. The summed E-state index contributed by atoms with van der Waals surface area (Å²) in [6.07, 6.45) is 3.97. The first kappa shape index (κ1) is 29.7. The summed E-state index contributed by atoms with van der Waals surface area (Å²) in [4.78, 5) is 39.3. The molecule has 0 radical (unpaired) electrons. The maximum atomic E-state index is 11.3. The topological polar surface area (TPSA) is 100 Å². The van der Waals surface area contributed by atoms with Crippen molar-refractivity contribution in [2.75, 3.05) is 19.1 Å². The fraction of sp³-hybridized carbons (Fsp3) is 0.286. The molecule has 1 fully saturated rings. The van der Waals surface area contributed by atoms with Crippen LogP contribution in [0.4, 0.5) is 10.5 Å². The summed E-state index contributed by atoms with van der Waals surface area (Å²) in [6, 6.07) is 11.7. The largest absolute Gasteiger partial charge is 0.497 e. The summed E-state index contributed by atoms with van der Waals surface area (Å²) in [7, 11) is 3.47. The van der Waals surface area contributed by atoms with Gasteiger partial charge in [0.1, 0.15) is 5.75 Å².